The number of carbonyl (C=O) groups is 2. The average Bonchev–Trinajstić information content (AvgIpc) is 3.37. The fraction of sp³-hybridized carbons (Fsp3) is 0.406. The zero-order chi connectivity index (χ0) is 28.9. The van der Waals surface area contributed by atoms with Crippen LogP contribution >= 0.6 is 0 Å². The van der Waals surface area contributed by atoms with Gasteiger partial charge in [0.25, 0.3) is 5.56 Å². The van der Waals surface area contributed by atoms with Crippen molar-refractivity contribution in [2.75, 3.05) is 11.9 Å². The lowest BCUT2D eigenvalue weighted by Crippen LogP contribution is -2.47. The van der Waals surface area contributed by atoms with E-state index < -0.39 is 29.9 Å². The smallest absolute Gasteiger partial charge is 0.410 e. The molecule has 2 N–H and O–H groups in total. The molecule has 0 fully saturated rings. The number of aliphatic hydroxyl groups excluding tert-OH is 1. The van der Waals surface area contributed by atoms with Crippen molar-refractivity contribution >= 4 is 17.7 Å². The number of pyridine rings is 1. The quantitative estimate of drug-likeness (QED) is 0.382. The van der Waals surface area contributed by atoms with Crippen molar-refractivity contribution in [3.63, 3.8) is 0 Å². The lowest BCUT2D eigenvalue weighted by molar-refractivity contribution is -0.119. The summed E-state index contributed by atoms with van der Waals surface area (Å²) in [5.74, 6) is -0.211. The molecule has 8 nitrogen and oxygen atoms in total. The Labute approximate surface area is 235 Å². The van der Waals surface area contributed by atoms with Crippen molar-refractivity contribution in [3.8, 4) is 0 Å². The number of nitrogens with zero attached hydrogens (tertiary/aromatic N) is 2. The van der Waals surface area contributed by atoms with Crippen LogP contribution < -0.4 is 10.9 Å². The molecule has 1 aromatic heterocycles. The van der Waals surface area contributed by atoms with Gasteiger partial charge >= 0.3 is 6.09 Å². The van der Waals surface area contributed by atoms with E-state index in [-0.39, 0.29) is 11.5 Å². The molecule has 0 aliphatic carbocycles. The van der Waals surface area contributed by atoms with Gasteiger partial charge in [0.05, 0.1) is 12.1 Å². The Bertz CT molecular complexity index is 1360. The maximum Gasteiger partial charge on any atom is 0.410 e. The summed E-state index contributed by atoms with van der Waals surface area (Å²) in [6, 6.07) is 20.9. The number of aromatic nitrogens is 1. The molecule has 212 valence electrons. The molecule has 0 unspecified atom stereocenters. The molecule has 0 saturated carbocycles. The number of aryl methyl sites for hydroxylation is 1. The summed E-state index contributed by atoms with van der Waals surface area (Å²) in [7, 11) is 0. The number of nitrogens with one attached hydrogen (secondary N) is 1. The number of anilines is 1. The average molecular weight is 546 g/mol. The van der Waals surface area contributed by atoms with Gasteiger partial charge in [0.2, 0.25) is 5.91 Å². The monoisotopic (exact) mass is 545 g/mol. The summed E-state index contributed by atoms with van der Waals surface area (Å²) >= 11 is 0. The summed E-state index contributed by atoms with van der Waals surface area (Å²) in [6.07, 6.45) is 1.05. The number of hydrogen-bond acceptors (Lipinski definition) is 5. The molecule has 2 amide bonds. The minimum atomic E-state index is -0.857. The summed E-state index contributed by atoms with van der Waals surface area (Å²) in [5, 5.41) is 14.1. The number of carbonyl (C=O) groups excluding carboxylic acids is 2. The first kappa shape index (κ1) is 29.1. The minimum absolute atomic E-state index is 0.164. The molecule has 3 aromatic rings. The third-order valence-electron chi connectivity index (χ3n) is 7.18. The zero-order valence-corrected chi connectivity index (χ0v) is 23.7. The van der Waals surface area contributed by atoms with Crippen LogP contribution in [0.25, 0.3) is 0 Å². The van der Waals surface area contributed by atoms with E-state index in [1.54, 1.807) is 15.5 Å². The first-order chi connectivity index (χ1) is 19.1. The van der Waals surface area contributed by atoms with Crippen molar-refractivity contribution in [3.05, 3.63) is 100.0 Å². The zero-order valence-electron chi connectivity index (χ0n) is 23.7. The Morgan fingerprint density at radius 1 is 1.05 bits per heavy atom. The number of fused-ring (bicyclic) bond motifs is 1. The summed E-state index contributed by atoms with van der Waals surface area (Å²) in [4.78, 5) is 40.1. The van der Waals surface area contributed by atoms with E-state index in [4.69, 9.17) is 4.74 Å². The predicted octanol–water partition coefficient (Wildman–Crippen LogP) is 5.27. The molecule has 1 aliphatic heterocycles. The Balaban J connectivity index is 1.44. The molecule has 0 spiro atoms. The van der Waals surface area contributed by atoms with Crippen LogP contribution in [-0.4, -0.2) is 44.8 Å². The van der Waals surface area contributed by atoms with Crippen molar-refractivity contribution in [1.29, 1.82) is 0 Å². The largest absolute Gasteiger partial charge is 0.444 e. The maximum atomic E-state index is 13.2. The van der Waals surface area contributed by atoms with Crippen LogP contribution in [0, 0.1) is 0 Å². The molecule has 2 heterocycles. The van der Waals surface area contributed by atoms with E-state index in [2.05, 4.69) is 5.32 Å². The Morgan fingerprint density at radius 2 is 1.75 bits per heavy atom. The summed E-state index contributed by atoms with van der Waals surface area (Å²) in [5.41, 5.74) is 2.40. The van der Waals surface area contributed by atoms with Gasteiger partial charge in [-0.3, -0.25) is 9.59 Å². The first-order valence-electron chi connectivity index (χ1n) is 13.9. The van der Waals surface area contributed by atoms with Crippen LogP contribution in [0.1, 0.15) is 69.5 Å². The molecule has 0 bridgehead atoms. The SMILES string of the molecule is CC[C@H]([C@H](O)c1ccccc1)N(CCc1ccc(NC(=O)[C@H]2CCc3cccc(=O)n32)cc1)C(=O)OC(C)(C)C. The van der Waals surface area contributed by atoms with Gasteiger partial charge in [-0.1, -0.05) is 55.5 Å². The third-order valence-corrected chi connectivity index (χ3v) is 7.18. The number of benzene rings is 2. The highest BCUT2D eigenvalue weighted by Gasteiger charge is 2.32. The van der Waals surface area contributed by atoms with Crippen molar-refractivity contribution in [2.45, 2.75) is 77.2 Å². The van der Waals surface area contributed by atoms with Crippen molar-refractivity contribution in [1.82, 2.24) is 9.47 Å². The number of rotatable bonds is 9. The molecular formula is C32H39N3O5. The topological polar surface area (TPSA) is 101 Å². The number of ether oxygens (including phenoxy) is 1. The van der Waals surface area contributed by atoms with Crippen LogP contribution in [0.4, 0.5) is 10.5 Å². The van der Waals surface area contributed by atoms with Gasteiger partial charge in [0.15, 0.2) is 0 Å². The normalized spacial score (nSPS) is 16.1. The van der Waals surface area contributed by atoms with E-state index in [1.165, 1.54) is 6.07 Å². The van der Waals surface area contributed by atoms with Crippen LogP contribution in [0.5, 0.6) is 0 Å². The molecule has 8 heteroatoms. The molecule has 40 heavy (non-hydrogen) atoms. The predicted molar refractivity (Wildman–Crippen MR) is 155 cm³/mol. The van der Waals surface area contributed by atoms with Crippen LogP contribution in [0.3, 0.4) is 0 Å². The Kier molecular flexibility index (Phi) is 9.10. The van der Waals surface area contributed by atoms with Crippen molar-refractivity contribution in [2.24, 2.45) is 0 Å². The molecule has 0 radical (unpaired) electrons. The lowest BCUT2D eigenvalue weighted by Gasteiger charge is -2.36. The Hall–Kier alpha value is -3.91. The minimum Gasteiger partial charge on any atom is -0.444 e. The molecule has 1 aliphatic rings. The molecule has 4 rings (SSSR count). The molecular weight excluding hydrogens is 506 g/mol. The highest BCUT2D eigenvalue weighted by Crippen LogP contribution is 2.27. The van der Waals surface area contributed by atoms with Gasteiger partial charge in [0, 0.05) is 24.0 Å². The Morgan fingerprint density at radius 3 is 2.40 bits per heavy atom. The van der Waals surface area contributed by atoms with E-state index >= 15 is 0 Å². The van der Waals surface area contributed by atoms with Gasteiger partial charge < -0.3 is 24.6 Å². The van der Waals surface area contributed by atoms with E-state index in [9.17, 15) is 19.5 Å². The second kappa shape index (κ2) is 12.5. The highest BCUT2D eigenvalue weighted by atomic mass is 16.6. The van der Waals surface area contributed by atoms with Gasteiger partial charge in [-0.2, -0.15) is 0 Å². The van der Waals surface area contributed by atoms with Crippen molar-refractivity contribution < 1.29 is 19.4 Å². The maximum absolute atomic E-state index is 13.2. The first-order valence-corrected chi connectivity index (χ1v) is 13.9. The number of amides is 2. The van der Waals surface area contributed by atoms with Gasteiger partial charge in [0.1, 0.15) is 11.6 Å². The fourth-order valence-electron chi connectivity index (χ4n) is 5.19. The van der Waals surface area contributed by atoms with Crippen LogP contribution in [-0.2, 0) is 22.4 Å². The fourth-order valence-corrected chi connectivity index (χ4v) is 5.19. The van der Waals surface area contributed by atoms with Gasteiger partial charge in [-0.25, -0.2) is 4.79 Å². The summed E-state index contributed by atoms with van der Waals surface area (Å²) < 4.78 is 7.28. The standard InChI is InChI=1S/C32H39N3O5/c1-5-26(29(37)23-10-7-6-8-11-23)34(31(39)40-32(2,3)4)21-20-22-14-16-24(17-15-22)33-30(38)27-19-18-25-12-9-13-28(36)35(25)27/h6-17,26-27,29,37H,5,18-21H2,1-4H3,(H,33,38)/t26-,27-,29-/m1/s1. The molecule has 2 aromatic carbocycles. The third kappa shape index (κ3) is 6.99. The van der Waals surface area contributed by atoms with Crippen LogP contribution in [0.2, 0.25) is 0 Å². The number of hydrogen-bond donors (Lipinski definition) is 2. The highest BCUT2D eigenvalue weighted by molar-refractivity contribution is 5.94. The van der Waals surface area contributed by atoms with E-state index in [0.29, 0.717) is 37.9 Å². The molecule has 3 atom stereocenters. The summed E-state index contributed by atoms with van der Waals surface area (Å²) in [6.45, 7) is 7.77. The van der Waals surface area contributed by atoms with Gasteiger partial charge in [-0.05, 0) is 75.8 Å². The van der Waals surface area contributed by atoms with E-state index in [0.717, 1.165) is 16.8 Å². The lowest BCUT2D eigenvalue weighted by atomic mass is 9.98. The second-order valence-corrected chi connectivity index (χ2v) is 11.2. The van der Waals surface area contributed by atoms with E-state index in [1.807, 2.05) is 88.4 Å². The second-order valence-electron chi connectivity index (χ2n) is 11.2. The van der Waals surface area contributed by atoms with Crippen LogP contribution in [0.15, 0.2) is 77.6 Å². The molecule has 0 saturated heterocycles. The number of aliphatic hydroxyl groups is 1. The van der Waals surface area contributed by atoms with Gasteiger partial charge in [-0.15, -0.1) is 0 Å².